The SMILES string of the molecule is O=C(NC(C1CC1)C1CC1)C1CC2CCCCC2N1. The molecule has 4 fully saturated rings. The van der Waals surface area contributed by atoms with Gasteiger partial charge in [-0.05, 0) is 62.7 Å². The third kappa shape index (κ3) is 2.54. The summed E-state index contributed by atoms with van der Waals surface area (Å²) in [7, 11) is 0. The predicted octanol–water partition coefficient (Wildman–Crippen LogP) is 2.21. The fraction of sp³-hybridized carbons (Fsp3) is 0.938. The van der Waals surface area contributed by atoms with Gasteiger partial charge < -0.3 is 10.6 Å². The molecule has 3 nitrogen and oxygen atoms in total. The maximum Gasteiger partial charge on any atom is 0.237 e. The van der Waals surface area contributed by atoms with Crippen LogP contribution in [0.25, 0.3) is 0 Å². The van der Waals surface area contributed by atoms with Crippen LogP contribution in [0.2, 0.25) is 0 Å². The van der Waals surface area contributed by atoms with Crippen LogP contribution in [0, 0.1) is 17.8 Å². The Balaban J connectivity index is 1.35. The molecule has 3 heteroatoms. The molecule has 3 aliphatic carbocycles. The molecule has 2 N–H and O–H groups in total. The second kappa shape index (κ2) is 4.76. The molecule has 0 bridgehead atoms. The lowest BCUT2D eigenvalue weighted by atomic mass is 9.85. The summed E-state index contributed by atoms with van der Waals surface area (Å²) in [5, 5.41) is 7.00. The van der Waals surface area contributed by atoms with Crippen LogP contribution in [0.5, 0.6) is 0 Å². The van der Waals surface area contributed by atoms with Gasteiger partial charge in [0.15, 0.2) is 0 Å². The standard InChI is InChI=1S/C16H26N2O/c19-16(18-15(10-5-6-10)11-7-8-11)14-9-12-3-1-2-4-13(12)17-14/h10-15,17H,1-9H2,(H,18,19). The normalized spacial score (nSPS) is 38.3. The Morgan fingerprint density at radius 1 is 1.00 bits per heavy atom. The van der Waals surface area contributed by atoms with Gasteiger partial charge in [-0.25, -0.2) is 0 Å². The van der Waals surface area contributed by atoms with Gasteiger partial charge in [-0.2, -0.15) is 0 Å². The van der Waals surface area contributed by atoms with Crippen LogP contribution in [0.1, 0.15) is 57.8 Å². The zero-order chi connectivity index (χ0) is 12.8. The number of amides is 1. The van der Waals surface area contributed by atoms with Crippen molar-refractivity contribution in [1.82, 2.24) is 10.6 Å². The minimum atomic E-state index is 0.105. The number of carbonyl (C=O) groups is 1. The highest BCUT2D eigenvalue weighted by atomic mass is 16.2. The molecule has 0 aromatic heterocycles. The van der Waals surface area contributed by atoms with E-state index in [0.29, 0.717) is 18.0 Å². The largest absolute Gasteiger partial charge is 0.351 e. The number of carbonyl (C=O) groups excluding carboxylic acids is 1. The van der Waals surface area contributed by atoms with E-state index in [-0.39, 0.29) is 6.04 Å². The molecule has 0 spiro atoms. The van der Waals surface area contributed by atoms with E-state index in [9.17, 15) is 4.79 Å². The van der Waals surface area contributed by atoms with Gasteiger partial charge in [-0.1, -0.05) is 12.8 Å². The van der Waals surface area contributed by atoms with E-state index >= 15 is 0 Å². The number of rotatable bonds is 4. The van der Waals surface area contributed by atoms with Gasteiger partial charge >= 0.3 is 0 Å². The summed E-state index contributed by atoms with van der Waals surface area (Å²) in [4.78, 5) is 12.5. The highest BCUT2D eigenvalue weighted by molar-refractivity contribution is 5.82. The smallest absolute Gasteiger partial charge is 0.237 e. The van der Waals surface area contributed by atoms with Crippen molar-refractivity contribution in [3.8, 4) is 0 Å². The monoisotopic (exact) mass is 262 g/mol. The number of fused-ring (bicyclic) bond motifs is 1. The van der Waals surface area contributed by atoms with Gasteiger partial charge in [0.1, 0.15) is 0 Å². The van der Waals surface area contributed by atoms with E-state index in [1.54, 1.807) is 0 Å². The summed E-state index contributed by atoms with van der Waals surface area (Å²) >= 11 is 0. The molecule has 3 saturated carbocycles. The van der Waals surface area contributed by atoms with Crippen LogP contribution in [-0.2, 0) is 4.79 Å². The highest BCUT2D eigenvalue weighted by Crippen LogP contribution is 2.44. The maximum absolute atomic E-state index is 12.5. The number of hydrogen-bond donors (Lipinski definition) is 2. The van der Waals surface area contributed by atoms with Gasteiger partial charge in [0, 0.05) is 12.1 Å². The first kappa shape index (κ1) is 12.2. The minimum Gasteiger partial charge on any atom is -0.351 e. The van der Waals surface area contributed by atoms with Crippen molar-refractivity contribution >= 4 is 5.91 Å². The number of nitrogens with one attached hydrogen (secondary N) is 2. The van der Waals surface area contributed by atoms with Crippen molar-refractivity contribution in [3.63, 3.8) is 0 Å². The average molecular weight is 262 g/mol. The van der Waals surface area contributed by atoms with E-state index in [1.165, 1.54) is 51.4 Å². The van der Waals surface area contributed by atoms with Crippen molar-refractivity contribution in [2.75, 3.05) is 0 Å². The summed E-state index contributed by atoms with van der Waals surface area (Å²) in [5.74, 6) is 2.68. The van der Waals surface area contributed by atoms with Crippen molar-refractivity contribution in [2.24, 2.45) is 17.8 Å². The van der Waals surface area contributed by atoms with E-state index in [0.717, 1.165) is 24.2 Å². The zero-order valence-electron chi connectivity index (χ0n) is 11.7. The Morgan fingerprint density at radius 2 is 1.68 bits per heavy atom. The molecule has 0 aromatic rings. The third-order valence-electron chi connectivity index (χ3n) is 5.75. The zero-order valence-corrected chi connectivity index (χ0v) is 11.7. The molecule has 19 heavy (non-hydrogen) atoms. The summed E-state index contributed by atoms with van der Waals surface area (Å²) in [6, 6.07) is 1.25. The fourth-order valence-electron chi connectivity index (χ4n) is 4.32. The van der Waals surface area contributed by atoms with E-state index in [1.807, 2.05) is 0 Å². The van der Waals surface area contributed by atoms with Gasteiger partial charge in [0.05, 0.1) is 6.04 Å². The van der Waals surface area contributed by atoms with Gasteiger partial charge in [0.25, 0.3) is 0 Å². The molecule has 0 aromatic carbocycles. The predicted molar refractivity (Wildman–Crippen MR) is 74.7 cm³/mol. The van der Waals surface area contributed by atoms with Crippen molar-refractivity contribution in [3.05, 3.63) is 0 Å². The van der Waals surface area contributed by atoms with Crippen molar-refractivity contribution < 1.29 is 4.79 Å². The van der Waals surface area contributed by atoms with E-state index < -0.39 is 0 Å². The summed E-state index contributed by atoms with van der Waals surface area (Å²) < 4.78 is 0. The van der Waals surface area contributed by atoms with Crippen molar-refractivity contribution in [2.45, 2.75) is 75.9 Å². The summed E-state index contributed by atoms with van der Waals surface area (Å²) in [5.41, 5.74) is 0. The number of hydrogen-bond acceptors (Lipinski definition) is 2. The first-order valence-corrected chi connectivity index (χ1v) is 8.37. The van der Waals surface area contributed by atoms with Gasteiger partial charge in [0.2, 0.25) is 5.91 Å². The molecule has 106 valence electrons. The summed E-state index contributed by atoms with van der Waals surface area (Å²) in [6.45, 7) is 0. The van der Waals surface area contributed by atoms with E-state index in [4.69, 9.17) is 0 Å². The molecular weight excluding hydrogens is 236 g/mol. The summed E-state index contributed by atoms with van der Waals surface area (Å²) in [6.07, 6.45) is 11.8. The molecular formula is C16H26N2O. The molecule has 1 amide bonds. The van der Waals surface area contributed by atoms with Crippen LogP contribution in [0.15, 0.2) is 0 Å². The maximum atomic E-state index is 12.5. The van der Waals surface area contributed by atoms with E-state index in [2.05, 4.69) is 10.6 Å². The Labute approximate surface area is 115 Å². The lowest BCUT2D eigenvalue weighted by Crippen LogP contribution is -2.48. The lowest BCUT2D eigenvalue weighted by molar-refractivity contribution is -0.123. The first-order valence-electron chi connectivity index (χ1n) is 8.37. The van der Waals surface area contributed by atoms with Crippen LogP contribution in [0.4, 0.5) is 0 Å². The first-order chi connectivity index (χ1) is 9.31. The second-order valence-corrected chi connectivity index (χ2v) is 7.32. The molecule has 3 unspecified atom stereocenters. The van der Waals surface area contributed by atoms with Crippen LogP contribution < -0.4 is 10.6 Å². The molecule has 1 heterocycles. The molecule has 3 atom stereocenters. The average Bonchev–Trinajstić information content (AvgIpc) is 3.32. The van der Waals surface area contributed by atoms with Crippen LogP contribution >= 0.6 is 0 Å². The third-order valence-corrected chi connectivity index (χ3v) is 5.75. The van der Waals surface area contributed by atoms with Crippen molar-refractivity contribution in [1.29, 1.82) is 0 Å². The Hall–Kier alpha value is -0.570. The lowest BCUT2D eigenvalue weighted by Gasteiger charge is -2.24. The highest BCUT2D eigenvalue weighted by Gasteiger charge is 2.44. The van der Waals surface area contributed by atoms with Gasteiger partial charge in [-0.3, -0.25) is 4.79 Å². The Bertz CT molecular complexity index is 336. The minimum absolute atomic E-state index is 0.105. The molecule has 1 saturated heterocycles. The Morgan fingerprint density at radius 3 is 2.32 bits per heavy atom. The topological polar surface area (TPSA) is 41.1 Å². The fourth-order valence-corrected chi connectivity index (χ4v) is 4.32. The Kier molecular flexibility index (Phi) is 3.06. The molecule has 1 aliphatic heterocycles. The van der Waals surface area contributed by atoms with Gasteiger partial charge in [-0.15, -0.1) is 0 Å². The van der Waals surface area contributed by atoms with Crippen LogP contribution in [-0.4, -0.2) is 24.0 Å². The van der Waals surface area contributed by atoms with Crippen LogP contribution in [0.3, 0.4) is 0 Å². The quantitative estimate of drug-likeness (QED) is 0.815. The molecule has 4 aliphatic rings. The molecule has 0 radical (unpaired) electrons. The second-order valence-electron chi connectivity index (χ2n) is 7.32. The molecule has 4 rings (SSSR count).